The maximum atomic E-state index is 8.25. The van der Waals surface area contributed by atoms with Crippen LogP contribution >= 0.6 is 60.8 Å². The van der Waals surface area contributed by atoms with Crippen LogP contribution in [-0.4, -0.2) is 36.9 Å². The molecule has 0 saturated carbocycles. The molecule has 0 N–H and O–H groups in total. The molecule has 0 aromatic heterocycles. The summed E-state index contributed by atoms with van der Waals surface area (Å²) >= 11 is 7.37. The molecule has 96 valence electrons. The molecule has 17 heteroatoms. The number of rotatable bonds is 0. The maximum Gasteiger partial charge on any atom is 3.00 e. The second-order valence-corrected chi connectivity index (χ2v) is 34.1. The van der Waals surface area contributed by atoms with E-state index in [0.717, 1.165) is 0 Å². The zero-order chi connectivity index (χ0) is 14.3. The summed E-state index contributed by atoms with van der Waals surface area (Å²) in [7, 11) is 0. The molecule has 0 bridgehead atoms. The molecule has 0 rings (SSSR count). The minimum Gasteiger partial charge on any atom is -0.356 e. The number of nitrogens with zero attached hydrogens (tertiary/aromatic N) is 3. The molecule has 0 aliphatic carbocycles. The summed E-state index contributed by atoms with van der Waals surface area (Å²) in [5, 5.41) is 44.2. The van der Waals surface area contributed by atoms with Gasteiger partial charge in [-0.1, -0.05) is 0 Å². The SMILES string of the molecule is O=[N+]([O-])[O-].O=[N+]([O-])[O-].O=[N+]([O-])[O-].[Al+3].[I][Al]([I])[I]. The van der Waals surface area contributed by atoms with Crippen molar-refractivity contribution in [1.29, 1.82) is 0 Å². The number of hydrogen-bond acceptors (Lipinski definition) is 9. The molecule has 0 fully saturated rings. The quantitative estimate of drug-likeness (QED) is 0.165. The van der Waals surface area contributed by atoms with Crippen LogP contribution in [0.4, 0.5) is 0 Å². The van der Waals surface area contributed by atoms with Gasteiger partial charge in [-0.15, -0.1) is 0 Å². The van der Waals surface area contributed by atoms with Crippen LogP contribution < -0.4 is 0 Å². The van der Waals surface area contributed by atoms with Crippen molar-refractivity contribution in [2.75, 3.05) is 0 Å². The number of hydrogen-bond donors (Lipinski definition) is 0. The smallest absolute Gasteiger partial charge is 0.356 e. The van der Waals surface area contributed by atoms with E-state index < -0.39 is 15.3 Å². The Morgan fingerprint density at radius 2 is 0.647 bits per heavy atom. The fourth-order valence-electron chi connectivity index (χ4n) is 0. The minimum atomic E-state index is -1.75. The molecule has 0 spiro atoms. The summed E-state index contributed by atoms with van der Waals surface area (Å²) in [6.07, 6.45) is 0. The van der Waals surface area contributed by atoms with Crippen molar-refractivity contribution in [2.24, 2.45) is 0 Å². The molecule has 0 aromatic rings. The van der Waals surface area contributed by atoms with Gasteiger partial charge in [0.15, 0.2) is 0 Å². The van der Waals surface area contributed by atoms with Crippen LogP contribution in [-0.2, 0) is 0 Å². The predicted molar refractivity (Wildman–Crippen MR) is 84.7 cm³/mol. The van der Waals surface area contributed by atoms with Gasteiger partial charge in [0.25, 0.3) is 0 Å². The minimum absolute atomic E-state index is 0. The van der Waals surface area contributed by atoms with Crippen LogP contribution in [0.15, 0.2) is 0 Å². The predicted octanol–water partition coefficient (Wildman–Crippen LogP) is 1.18. The Bertz CT molecular complexity index is 157. The monoisotopic (exact) mass is 621 g/mol. The zero-order valence-corrected chi connectivity index (χ0v) is 16.1. The van der Waals surface area contributed by atoms with Crippen molar-refractivity contribution in [3.8, 4) is 0 Å². The van der Waals surface area contributed by atoms with Crippen molar-refractivity contribution < 1.29 is 15.3 Å². The van der Waals surface area contributed by atoms with E-state index >= 15 is 0 Å². The van der Waals surface area contributed by atoms with Crippen molar-refractivity contribution in [3.05, 3.63) is 46.0 Å². The van der Waals surface area contributed by atoms with E-state index in [-0.39, 0.29) is 21.7 Å². The topological polar surface area (TPSA) is 199 Å². The average molecular weight is 621 g/mol. The first kappa shape index (κ1) is 30.7. The Morgan fingerprint density at radius 3 is 0.647 bits per heavy atom. The summed E-state index contributed by atoms with van der Waals surface area (Å²) in [6, 6.07) is 0. The van der Waals surface area contributed by atoms with Gasteiger partial charge in [0.2, 0.25) is 0 Å². The summed E-state index contributed by atoms with van der Waals surface area (Å²) < 4.78 is -0.229. The first-order valence-electron chi connectivity index (χ1n) is 2.30. The van der Waals surface area contributed by atoms with Crippen molar-refractivity contribution in [2.45, 2.75) is 0 Å². The summed E-state index contributed by atoms with van der Waals surface area (Å²) in [6.45, 7) is 0. The van der Waals surface area contributed by atoms with Crippen molar-refractivity contribution >= 4 is 82.5 Å². The van der Waals surface area contributed by atoms with Gasteiger partial charge in [-0.2, -0.15) is 60.8 Å². The molecule has 0 unspecified atom stereocenters. The fourth-order valence-corrected chi connectivity index (χ4v) is 0. The third-order valence-electron chi connectivity index (χ3n) is 0. The molecule has 0 amide bonds. The Balaban J connectivity index is -0.0000000369. The standard InChI is InChI=1S/2Al.3HI.3NO3/c;;;;;3*2-1(3)4/h;;3*1H;;;/q2*+3;;;;3*-1/p-3. The van der Waals surface area contributed by atoms with E-state index in [1.807, 2.05) is 0 Å². The number of halogens is 3. The maximum absolute atomic E-state index is 8.25. The Hall–Kier alpha value is 0.855. The molecule has 0 aromatic carbocycles. The summed E-state index contributed by atoms with van der Waals surface area (Å²) in [5.74, 6) is 0. The average Bonchev–Trinajstić information content (AvgIpc) is 1.76. The van der Waals surface area contributed by atoms with Crippen LogP contribution in [0.3, 0.4) is 0 Å². The van der Waals surface area contributed by atoms with Gasteiger partial charge >= 0.3 is 21.7 Å². The van der Waals surface area contributed by atoms with Gasteiger partial charge in [0.1, 0.15) is 0 Å². The summed E-state index contributed by atoms with van der Waals surface area (Å²) in [5.41, 5.74) is 0. The fraction of sp³-hybridized carbons (Fsp3) is 0. The first-order chi connectivity index (χ1) is 6.93. The molecule has 17 heavy (non-hydrogen) atoms. The second-order valence-electron chi connectivity index (χ2n) is 0.918. The molecular weight excluding hydrogens is 621 g/mol. The van der Waals surface area contributed by atoms with Gasteiger partial charge < -0.3 is 46.0 Å². The Kier molecular flexibility index (Phi) is 46.3. The van der Waals surface area contributed by atoms with Gasteiger partial charge in [-0.25, -0.2) is 0 Å². The van der Waals surface area contributed by atoms with E-state index in [4.69, 9.17) is 46.0 Å². The zero-order valence-electron chi connectivity index (χ0n) is 7.30. The molecule has 0 radical (unpaired) electrons. The van der Waals surface area contributed by atoms with Crippen molar-refractivity contribution in [1.82, 2.24) is 0 Å². The molecule has 0 aliphatic rings. The van der Waals surface area contributed by atoms with E-state index in [2.05, 4.69) is 60.8 Å². The molecule has 0 aliphatic heterocycles. The summed E-state index contributed by atoms with van der Waals surface area (Å²) in [4.78, 5) is 24.8. The van der Waals surface area contributed by atoms with Crippen LogP contribution in [0, 0.1) is 46.0 Å². The molecular formula is Al2I3N3O9. The van der Waals surface area contributed by atoms with Crippen molar-refractivity contribution in [3.63, 3.8) is 0 Å². The Morgan fingerprint density at radius 1 is 0.647 bits per heavy atom. The molecule has 0 heterocycles. The first-order valence-corrected chi connectivity index (χ1v) is 14.8. The van der Waals surface area contributed by atoms with E-state index in [1.165, 1.54) is 0 Å². The largest absolute Gasteiger partial charge is 3.00 e. The van der Waals surface area contributed by atoms with E-state index in [0.29, 0.717) is 0 Å². The second kappa shape index (κ2) is 25.6. The van der Waals surface area contributed by atoms with Gasteiger partial charge in [-0.3, -0.25) is 0 Å². The molecule has 0 atom stereocenters. The molecule has 12 nitrogen and oxygen atoms in total. The van der Waals surface area contributed by atoms with Crippen LogP contribution in [0.25, 0.3) is 0 Å². The van der Waals surface area contributed by atoms with Gasteiger partial charge in [-0.05, 0) is 0 Å². The van der Waals surface area contributed by atoms with Gasteiger partial charge in [0.05, 0.1) is 15.3 Å². The van der Waals surface area contributed by atoms with Crippen LogP contribution in [0.5, 0.6) is 0 Å². The third kappa shape index (κ3) is 5090. The Labute approximate surface area is 142 Å². The van der Waals surface area contributed by atoms with Gasteiger partial charge in [0, 0.05) is 0 Å². The normalized spacial score (nSPS) is 5.82. The van der Waals surface area contributed by atoms with Crippen LogP contribution in [0.1, 0.15) is 0 Å². The molecule has 0 saturated heterocycles. The van der Waals surface area contributed by atoms with Crippen LogP contribution in [0.2, 0.25) is 0 Å². The third-order valence-corrected chi connectivity index (χ3v) is 0. The van der Waals surface area contributed by atoms with E-state index in [9.17, 15) is 0 Å². The van der Waals surface area contributed by atoms with E-state index in [1.54, 1.807) is 0 Å².